The third-order valence-electron chi connectivity index (χ3n) is 4.53. The van der Waals surface area contributed by atoms with Crippen molar-refractivity contribution < 1.29 is 23.9 Å². The maximum atomic E-state index is 12.9. The number of fused-ring (bicyclic) bond motifs is 2. The van der Waals surface area contributed by atoms with Crippen LogP contribution in [0.5, 0.6) is 0 Å². The van der Waals surface area contributed by atoms with E-state index in [1.165, 1.54) is 18.2 Å². The summed E-state index contributed by atoms with van der Waals surface area (Å²) >= 11 is 0. The normalized spacial score (nSPS) is 13.4. The molecule has 0 aromatic heterocycles. The molecule has 0 aliphatic heterocycles. The molecule has 0 spiro atoms. The molecule has 2 aromatic carbocycles. The van der Waals surface area contributed by atoms with E-state index in [1.54, 1.807) is 24.3 Å². The van der Waals surface area contributed by atoms with Crippen LogP contribution in [-0.4, -0.2) is 36.1 Å². The molecule has 0 fully saturated rings. The lowest BCUT2D eigenvalue weighted by atomic mass is 9.82. The van der Waals surface area contributed by atoms with Crippen molar-refractivity contribution in [3.63, 3.8) is 0 Å². The Morgan fingerprint density at radius 1 is 0.963 bits per heavy atom. The van der Waals surface area contributed by atoms with Gasteiger partial charge in [0.1, 0.15) is 0 Å². The first kappa shape index (κ1) is 18.5. The molecule has 0 unspecified atom stereocenters. The van der Waals surface area contributed by atoms with Gasteiger partial charge in [-0.25, -0.2) is 4.79 Å². The number of nitrogens with one attached hydrogen (secondary N) is 1. The lowest BCUT2D eigenvalue weighted by Gasteiger charge is -2.19. The number of carbonyl (C=O) groups is 4. The van der Waals surface area contributed by atoms with Crippen molar-refractivity contribution >= 4 is 23.4 Å². The maximum absolute atomic E-state index is 12.9. The Kier molecular flexibility index (Phi) is 5.16. The predicted molar refractivity (Wildman–Crippen MR) is 97.9 cm³/mol. The number of ether oxygens (including phenoxy) is 1. The Hall–Kier alpha value is -3.28. The molecule has 1 amide bonds. The highest BCUT2D eigenvalue weighted by atomic mass is 16.5. The van der Waals surface area contributed by atoms with Crippen molar-refractivity contribution in [2.24, 2.45) is 0 Å². The van der Waals surface area contributed by atoms with E-state index in [-0.39, 0.29) is 34.1 Å². The molecule has 3 rings (SSSR count). The molecule has 0 radical (unpaired) electrons. The summed E-state index contributed by atoms with van der Waals surface area (Å²) in [6.07, 6.45) is 0.752. The molecule has 1 N–H and O–H groups in total. The van der Waals surface area contributed by atoms with E-state index >= 15 is 0 Å². The van der Waals surface area contributed by atoms with Gasteiger partial charge in [-0.1, -0.05) is 43.3 Å². The molecule has 1 aliphatic carbocycles. The molecule has 138 valence electrons. The van der Waals surface area contributed by atoms with Gasteiger partial charge in [-0.3, -0.25) is 14.4 Å². The number of benzene rings is 2. The molecule has 27 heavy (non-hydrogen) atoms. The third kappa shape index (κ3) is 3.51. The SMILES string of the molecule is CC[C@H](C)NC(=O)COC(=O)c1cccc2c1C(=O)c1ccccc1C2=O. The fraction of sp³-hybridized carbons (Fsp3) is 0.238. The van der Waals surface area contributed by atoms with E-state index in [0.717, 1.165) is 6.42 Å². The first-order chi connectivity index (χ1) is 12.9. The zero-order valence-electron chi connectivity index (χ0n) is 15.1. The molecule has 1 aliphatic rings. The molecule has 0 saturated carbocycles. The number of esters is 1. The minimum atomic E-state index is -0.813. The Balaban J connectivity index is 1.87. The van der Waals surface area contributed by atoms with E-state index in [0.29, 0.717) is 5.56 Å². The summed E-state index contributed by atoms with van der Waals surface area (Å²) < 4.78 is 5.06. The summed E-state index contributed by atoms with van der Waals surface area (Å²) in [6.45, 7) is 3.31. The van der Waals surface area contributed by atoms with Gasteiger partial charge in [0.15, 0.2) is 18.2 Å². The highest BCUT2D eigenvalue weighted by molar-refractivity contribution is 6.30. The number of hydrogen-bond donors (Lipinski definition) is 1. The van der Waals surface area contributed by atoms with Gasteiger partial charge in [0, 0.05) is 28.3 Å². The van der Waals surface area contributed by atoms with E-state index in [2.05, 4.69) is 5.32 Å². The number of hydrogen-bond acceptors (Lipinski definition) is 5. The average molecular weight is 365 g/mol. The fourth-order valence-corrected chi connectivity index (χ4v) is 2.94. The monoisotopic (exact) mass is 365 g/mol. The van der Waals surface area contributed by atoms with Crippen molar-refractivity contribution in [3.8, 4) is 0 Å². The molecule has 6 heteroatoms. The number of amides is 1. The quantitative estimate of drug-likeness (QED) is 0.702. The Morgan fingerprint density at radius 2 is 1.59 bits per heavy atom. The second kappa shape index (κ2) is 7.53. The van der Waals surface area contributed by atoms with Crippen LogP contribution in [0.2, 0.25) is 0 Å². The van der Waals surface area contributed by atoms with E-state index in [9.17, 15) is 19.2 Å². The zero-order valence-corrected chi connectivity index (χ0v) is 15.1. The van der Waals surface area contributed by atoms with Crippen LogP contribution in [-0.2, 0) is 9.53 Å². The summed E-state index contributed by atoms with van der Waals surface area (Å²) in [5.41, 5.74) is 0.737. The predicted octanol–water partition coefficient (Wildman–Crippen LogP) is 2.53. The molecule has 0 saturated heterocycles. The van der Waals surface area contributed by atoms with Crippen molar-refractivity contribution in [3.05, 3.63) is 70.3 Å². The van der Waals surface area contributed by atoms with E-state index in [4.69, 9.17) is 4.74 Å². The summed E-state index contributed by atoms with van der Waals surface area (Å²) in [5, 5.41) is 2.69. The van der Waals surface area contributed by atoms with E-state index < -0.39 is 24.3 Å². The fourth-order valence-electron chi connectivity index (χ4n) is 2.94. The van der Waals surface area contributed by atoms with Crippen molar-refractivity contribution in [2.75, 3.05) is 6.61 Å². The lowest BCUT2D eigenvalue weighted by molar-refractivity contribution is -0.124. The molecular formula is C21H19NO5. The summed E-state index contributed by atoms with van der Waals surface area (Å²) in [5.74, 6) is -1.96. The largest absolute Gasteiger partial charge is 0.452 e. The molecule has 0 bridgehead atoms. The van der Waals surface area contributed by atoms with Crippen LogP contribution in [0.15, 0.2) is 42.5 Å². The van der Waals surface area contributed by atoms with E-state index in [1.807, 2.05) is 13.8 Å². The molecule has 2 aromatic rings. The van der Waals surface area contributed by atoms with Crippen LogP contribution < -0.4 is 5.32 Å². The van der Waals surface area contributed by atoms with Crippen LogP contribution in [0.1, 0.15) is 62.5 Å². The van der Waals surface area contributed by atoms with Crippen LogP contribution >= 0.6 is 0 Å². The van der Waals surface area contributed by atoms with Crippen LogP contribution in [0.25, 0.3) is 0 Å². The zero-order chi connectivity index (χ0) is 19.6. The van der Waals surface area contributed by atoms with Crippen LogP contribution in [0, 0.1) is 0 Å². The topological polar surface area (TPSA) is 89.5 Å². The first-order valence-electron chi connectivity index (χ1n) is 8.72. The average Bonchev–Trinajstić information content (AvgIpc) is 2.69. The van der Waals surface area contributed by atoms with Gasteiger partial charge in [-0.05, 0) is 19.4 Å². The minimum absolute atomic E-state index is 0.0170. The van der Waals surface area contributed by atoms with Crippen LogP contribution in [0.4, 0.5) is 0 Å². The highest BCUT2D eigenvalue weighted by Gasteiger charge is 2.33. The van der Waals surface area contributed by atoms with Crippen molar-refractivity contribution in [1.29, 1.82) is 0 Å². The highest BCUT2D eigenvalue weighted by Crippen LogP contribution is 2.29. The Bertz CT molecular complexity index is 947. The third-order valence-corrected chi connectivity index (χ3v) is 4.53. The van der Waals surface area contributed by atoms with Crippen LogP contribution in [0.3, 0.4) is 0 Å². The second-order valence-electron chi connectivity index (χ2n) is 6.38. The first-order valence-corrected chi connectivity index (χ1v) is 8.72. The standard InChI is InChI=1S/C21H19NO5/c1-3-12(2)22-17(23)11-27-21(26)16-10-6-9-15-18(16)20(25)14-8-5-4-7-13(14)19(15)24/h4-10,12H,3,11H2,1-2H3,(H,22,23)/t12-/m0/s1. The van der Waals surface area contributed by atoms with Crippen molar-refractivity contribution in [1.82, 2.24) is 5.32 Å². The van der Waals surface area contributed by atoms with Gasteiger partial charge in [-0.15, -0.1) is 0 Å². The smallest absolute Gasteiger partial charge is 0.339 e. The molecule has 6 nitrogen and oxygen atoms in total. The van der Waals surface area contributed by atoms with Gasteiger partial charge >= 0.3 is 5.97 Å². The number of carbonyl (C=O) groups excluding carboxylic acids is 4. The second-order valence-corrected chi connectivity index (χ2v) is 6.38. The lowest BCUT2D eigenvalue weighted by Crippen LogP contribution is -2.35. The van der Waals surface area contributed by atoms with Gasteiger partial charge in [0.25, 0.3) is 5.91 Å². The summed E-state index contributed by atoms with van der Waals surface area (Å²) in [4.78, 5) is 49.8. The molecule has 1 atom stereocenters. The van der Waals surface area contributed by atoms with Crippen molar-refractivity contribution in [2.45, 2.75) is 26.3 Å². The maximum Gasteiger partial charge on any atom is 0.339 e. The minimum Gasteiger partial charge on any atom is -0.452 e. The summed E-state index contributed by atoms with van der Waals surface area (Å²) in [7, 11) is 0. The number of ketones is 2. The van der Waals surface area contributed by atoms with Gasteiger partial charge in [-0.2, -0.15) is 0 Å². The van der Waals surface area contributed by atoms with Gasteiger partial charge < -0.3 is 10.1 Å². The number of rotatable bonds is 5. The molecule has 0 heterocycles. The Labute approximate surface area is 156 Å². The Morgan fingerprint density at radius 3 is 2.26 bits per heavy atom. The summed E-state index contributed by atoms with van der Waals surface area (Å²) in [6, 6.07) is 10.9. The van der Waals surface area contributed by atoms with Gasteiger partial charge in [0.2, 0.25) is 0 Å². The molecular weight excluding hydrogens is 346 g/mol. The van der Waals surface area contributed by atoms with Gasteiger partial charge in [0.05, 0.1) is 5.56 Å².